The van der Waals surface area contributed by atoms with Gasteiger partial charge in [0, 0.05) is 31.8 Å². The van der Waals surface area contributed by atoms with Gasteiger partial charge in [0.15, 0.2) is 0 Å². The summed E-state index contributed by atoms with van der Waals surface area (Å²) in [6, 6.07) is 0. The van der Waals surface area contributed by atoms with Crippen LogP contribution < -0.4 is 10.5 Å². The van der Waals surface area contributed by atoms with E-state index in [1.54, 1.807) is 28.8 Å². The lowest BCUT2D eigenvalue weighted by Crippen LogP contribution is -2.18. The first-order valence-corrected chi connectivity index (χ1v) is 5.69. The highest BCUT2D eigenvalue weighted by Crippen LogP contribution is 2.31. The van der Waals surface area contributed by atoms with Crippen molar-refractivity contribution in [2.24, 2.45) is 12.8 Å². The molecule has 2 aromatic rings. The first-order valence-electron chi connectivity index (χ1n) is 5.69. The van der Waals surface area contributed by atoms with Crippen LogP contribution in [0.15, 0.2) is 12.4 Å². The molecule has 0 saturated heterocycles. The molecule has 1 aliphatic heterocycles. The van der Waals surface area contributed by atoms with Crippen molar-refractivity contribution in [3.63, 3.8) is 0 Å². The zero-order valence-corrected chi connectivity index (χ0v) is 9.96. The highest BCUT2D eigenvalue weighted by molar-refractivity contribution is 6.01. The van der Waals surface area contributed by atoms with Crippen LogP contribution in [0.3, 0.4) is 0 Å². The number of primary amides is 1. The molecule has 0 unspecified atom stereocenters. The minimum atomic E-state index is -0.531. The summed E-state index contributed by atoms with van der Waals surface area (Å²) in [7, 11) is 1.81. The second-order valence-electron chi connectivity index (χ2n) is 4.22. The highest BCUT2D eigenvalue weighted by Gasteiger charge is 2.26. The zero-order valence-electron chi connectivity index (χ0n) is 9.96. The molecule has 0 saturated carbocycles. The fourth-order valence-corrected chi connectivity index (χ4v) is 2.10. The van der Waals surface area contributed by atoms with Crippen LogP contribution in [0.1, 0.15) is 16.8 Å². The van der Waals surface area contributed by atoms with Crippen molar-refractivity contribution in [1.29, 1.82) is 0 Å². The van der Waals surface area contributed by atoms with Crippen LogP contribution in [0.4, 0.5) is 0 Å². The monoisotopic (exact) mass is 247 g/mol. The van der Waals surface area contributed by atoms with E-state index in [-0.39, 0.29) is 0 Å². The Morgan fingerprint density at radius 3 is 3.06 bits per heavy atom. The number of nitrogens with two attached hydrogens (primary N) is 1. The van der Waals surface area contributed by atoms with Gasteiger partial charge in [0.2, 0.25) is 5.88 Å². The van der Waals surface area contributed by atoms with E-state index in [9.17, 15) is 4.79 Å². The number of fused-ring (bicyclic) bond motifs is 1. The van der Waals surface area contributed by atoms with E-state index in [4.69, 9.17) is 10.5 Å². The van der Waals surface area contributed by atoms with Gasteiger partial charge >= 0.3 is 0 Å². The number of rotatable bonds is 2. The van der Waals surface area contributed by atoms with Gasteiger partial charge in [-0.25, -0.2) is 4.68 Å². The van der Waals surface area contributed by atoms with E-state index in [1.807, 2.05) is 0 Å². The third-order valence-corrected chi connectivity index (χ3v) is 2.88. The third kappa shape index (κ3) is 1.55. The molecule has 94 valence electrons. The molecule has 0 spiro atoms. The molecule has 3 heterocycles. The summed E-state index contributed by atoms with van der Waals surface area (Å²) < 4.78 is 8.84. The van der Waals surface area contributed by atoms with Gasteiger partial charge in [0.05, 0.1) is 12.8 Å². The molecule has 1 aliphatic rings. The molecule has 2 aromatic heterocycles. The average molecular weight is 247 g/mol. The van der Waals surface area contributed by atoms with Gasteiger partial charge in [-0.2, -0.15) is 10.2 Å². The maximum absolute atomic E-state index is 11.6. The number of amides is 1. The van der Waals surface area contributed by atoms with Crippen LogP contribution in [-0.4, -0.2) is 32.1 Å². The lowest BCUT2D eigenvalue weighted by Gasteiger charge is -2.14. The average Bonchev–Trinajstić information content (AvgIpc) is 2.91. The minimum absolute atomic E-state index is 0.336. The van der Waals surface area contributed by atoms with E-state index >= 15 is 0 Å². The molecule has 0 atom stereocenters. The molecule has 0 radical (unpaired) electrons. The van der Waals surface area contributed by atoms with Gasteiger partial charge in [0.1, 0.15) is 11.3 Å². The van der Waals surface area contributed by atoms with Crippen molar-refractivity contribution in [3.05, 3.63) is 18.0 Å². The number of hydrogen-bond donors (Lipinski definition) is 1. The van der Waals surface area contributed by atoms with E-state index in [0.29, 0.717) is 23.7 Å². The summed E-state index contributed by atoms with van der Waals surface area (Å²) in [4.78, 5) is 11.6. The van der Waals surface area contributed by atoms with E-state index < -0.39 is 5.91 Å². The van der Waals surface area contributed by atoms with Crippen LogP contribution in [0.25, 0.3) is 11.3 Å². The molecule has 0 fully saturated rings. The first-order chi connectivity index (χ1) is 8.66. The first kappa shape index (κ1) is 10.8. The number of hydrogen-bond acceptors (Lipinski definition) is 4. The van der Waals surface area contributed by atoms with Crippen LogP contribution in [0, 0.1) is 0 Å². The molecule has 18 heavy (non-hydrogen) atoms. The molecule has 1 amide bonds. The van der Waals surface area contributed by atoms with Gasteiger partial charge in [-0.3, -0.25) is 9.48 Å². The number of aryl methyl sites for hydroxylation is 2. The van der Waals surface area contributed by atoms with Crippen LogP contribution in [0.5, 0.6) is 5.88 Å². The SMILES string of the molecule is Cn1cc(-c2nn3c(c2C(N)=O)OCCC3)cn1. The fraction of sp³-hybridized carbons (Fsp3) is 0.364. The smallest absolute Gasteiger partial charge is 0.256 e. The zero-order chi connectivity index (χ0) is 12.7. The van der Waals surface area contributed by atoms with Crippen molar-refractivity contribution < 1.29 is 9.53 Å². The second kappa shape index (κ2) is 3.86. The van der Waals surface area contributed by atoms with E-state index in [2.05, 4.69) is 10.2 Å². The number of nitrogens with zero attached hydrogens (tertiary/aromatic N) is 4. The van der Waals surface area contributed by atoms with Crippen molar-refractivity contribution in [2.45, 2.75) is 13.0 Å². The summed E-state index contributed by atoms with van der Waals surface area (Å²) in [5, 5.41) is 8.47. The summed E-state index contributed by atoms with van der Waals surface area (Å²) >= 11 is 0. The molecule has 0 aliphatic carbocycles. The second-order valence-corrected chi connectivity index (χ2v) is 4.22. The van der Waals surface area contributed by atoms with Crippen molar-refractivity contribution in [1.82, 2.24) is 19.6 Å². The Balaban J connectivity index is 2.19. The molecule has 2 N–H and O–H groups in total. The number of aromatic nitrogens is 4. The Kier molecular flexibility index (Phi) is 2.32. The Morgan fingerprint density at radius 1 is 1.56 bits per heavy atom. The summed E-state index contributed by atoms with van der Waals surface area (Å²) in [6.07, 6.45) is 4.32. The van der Waals surface area contributed by atoms with E-state index in [1.165, 1.54) is 0 Å². The maximum Gasteiger partial charge on any atom is 0.256 e. The Labute approximate surface area is 103 Å². The number of carbonyl (C=O) groups excluding carboxylic acids is 1. The standard InChI is InChI=1S/C11H13N5O2/c1-15-6-7(5-13-15)9-8(10(12)17)11-16(14-9)3-2-4-18-11/h5-6H,2-4H2,1H3,(H2,12,17). The van der Waals surface area contributed by atoms with Crippen LogP contribution in [0.2, 0.25) is 0 Å². The number of carbonyl (C=O) groups is 1. The topological polar surface area (TPSA) is 88.0 Å². The molecule has 7 nitrogen and oxygen atoms in total. The van der Waals surface area contributed by atoms with Crippen molar-refractivity contribution in [3.8, 4) is 17.1 Å². The minimum Gasteiger partial charge on any atom is -0.477 e. The van der Waals surface area contributed by atoms with Gasteiger partial charge in [0.25, 0.3) is 5.91 Å². The van der Waals surface area contributed by atoms with E-state index in [0.717, 1.165) is 18.5 Å². The maximum atomic E-state index is 11.6. The lowest BCUT2D eigenvalue weighted by molar-refractivity contribution is 0.0994. The molecular formula is C11H13N5O2. The fourth-order valence-electron chi connectivity index (χ4n) is 2.10. The molecule has 7 heteroatoms. The van der Waals surface area contributed by atoms with Gasteiger partial charge < -0.3 is 10.5 Å². The third-order valence-electron chi connectivity index (χ3n) is 2.88. The predicted octanol–water partition coefficient (Wildman–Crippen LogP) is 0.165. The Morgan fingerprint density at radius 2 is 2.39 bits per heavy atom. The molecule has 0 aromatic carbocycles. The normalized spacial score (nSPS) is 14.1. The highest BCUT2D eigenvalue weighted by atomic mass is 16.5. The van der Waals surface area contributed by atoms with Crippen molar-refractivity contribution >= 4 is 5.91 Å². The summed E-state index contributed by atoms with van der Waals surface area (Å²) in [5.41, 5.74) is 7.06. The largest absolute Gasteiger partial charge is 0.477 e. The van der Waals surface area contributed by atoms with Crippen molar-refractivity contribution in [2.75, 3.05) is 6.61 Å². The lowest BCUT2D eigenvalue weighted by atomic mass is 10.1. The van der Waals surface area contributed by atoms with Crippen LogP contribution >= 0.6 is 0 Å². The van der Waals surface area contributed by atoms with Crippen LogP contribution in [-0.2, 0) is 13.6 Å². The van der Waals surface area contributed by atoms with Gasteiger partial charge in [-0.1, -0.05) is 0 Å². The Hall–Kier alpha value is -2.31. The molecule has 3 rings (SSSR count). The molecule has 0 bridgehead atoms. The number of ether oxygens (including phenoxy) is 1. The summed E-state index contributed by atoms with van der Waals surface area (Å²) in [6.45, 7) is 1.31. The van der Waals surface area contributed by atoms with Gasteiger partial charge in [-0.15, -0.1) is 0 Å². The quantitative estimate of drug-likeness (QED) is 0.819. The van der Waals surface area contributed by atoms with Gasteiger partial charge in [-0.05, 0) is 0 Å². The predicted molar refractivity (Wildman–Crippen MR) is 63.1 cm³/mol. The Bertz CT molecular complexity index is 613. The molecular weight excluding hydrogens is 234 g/mol. The summed E-state index contributed by atoms with van der Waals surface area (Å²) in [5.74, 6) is -0.0652.